The number of imide groups is 1. The zero-order chi connectivity index (χ0) is 30.0. The van der Waals surface area contributed by atoms with E-state index in [0.717, 1.165) is 16.7 Å². The normalized spacial score (nSPS) is 12.2. The number of anilines is 1. The monoisotopic (exact) mass is 555 g/mol. The Kier molecular flexibility index (Phi) is 11.6. The molecule has 0 saturated heterocycles. The van der Waals surface area contributed by atoms with Gasteiger partial charge in [0.05, 0.1) is 22.0 Å². The topological polar surface area (TPSA) is 148 Å². The molecule has 0 aliphatic rings. The summed E-state index contributed by atoms with van der Waals surface area (Å²) in [6, 6.07) is 8.44. The van der Waals surface area contributed by atoms with E-state index in [1.165, 1.54) is 6.92 Å². The van der Waals surface area contributed by atoms with Crippen LogP contribution in [-0.4, -0.2) is 51.7 Å². The first-order valence-electron chi connectivity index (χ1n) is 12.6. The highest BCUT2D eigenvalue weighted by atomic mass is 19.1. The Morgan fingerprint density at radius 1 is 0.925 bits per heavy atom. The Morgan fingerprint density at radius 2 is 1.48 bits per heavy atom. The Hall–Kier alpha value is -4.45. The van der Waals surface area contributed by atoms with E-state index in [-0.39, 0.29) is 0 Å². The van der Waals surface area contributed by atoms with E-state index < -0.39 is 56.6 Å². The van der Waals surface area contributed by atoms with Crippen LogP contribution in [-0.2, 0) is 16.0 Å². The number of allylic oxidation sites excluding steroid dienone is 2. The summed E-state index contributed by atoms with van der Waals surface area (Å²) in [6.45, 7) is 10.0. The molecule has 0 unspecified atom stereocenters. The van der Waals surface area contributed by atoms with Gasteiger partial charge in [-0.25, -0.2) is 0 Å². The van der Waals surface area contributed by atoms with Crippen molar-refractivity contribution in [2.45, 2.75) is 53.1 Å². The van der Waals surface area contributed by atoms with Crippen LogP contribution in [0.25, 0.3) is 0 Å². The van der Waals surface area contributed by atoms with E-state index >= 15 is 0 Å². The third-order valence-electron chi connectivity index (χ3n) is 5.95. The van der Waals surface area contributed by atoms with Gasteiger partial charge >= 0.3 is 5.69 Å². The lowest BCUT2D eigenvalue weighted by atomic mass is 10.0. The van der Waals surface area contributed by atoms with Crippen molar-refractivity contribution in [3.8, 4) is 0 Å². The quantitative estimate of drug-likeness (QED) is 0.201. The van der Waals surface area contributed by atoms with Gasteiger partial charge in [0.25, 0.3) is 5.69 Å². The minimum Gasteiger partial charge on any atom is -0.368 e. The fourth-order valence-corrected chi connectivity index (χ4v) is 3.72. The van der Waals surface area contributed by atoms with E-state index in [0.29, 0.717) is 31.6 Å². The number of nitrogens with zero attached hydrogens (tertiary/aromatic N) is 3. The Labute approximate surface area is 232 Å². The summed E-state index contributed by atoms with van der Waals surface area (Å²) in [5.74, 6) is -2.68. The number of nitrogens with one attached hydrogen (secondary N) is 2. The SMILES string of the molecule is CC(C)=CCN(CC=C(C)C)[C@@H](Cc1ccccc1)C(=O)NC(=O)[C@H](C)Nc1cc(F)c([N+](=O)[O-])cc1[N+](=O)[O-]. The zero-order valence-electron chi connectivity index (χ0n) is 23.1. The molecule has 0 fully saturated rings. The zero-order valence-corrected chi connectivity index (χ0v) is 23.1. The van der Waals surface area contributed by atoms with E-state index in [1.807, 2.05) is 75.1 Å². The van der Waals surface area contributed by atoms with E-state index in [9.17, 15) is 34.2 Å². The van der Waals surface area contributed by atoms with Gasteiger partial charge in [0.2, 0.25) is 17.6 Å². The van der Waals surface area contributed by atoms with Crippen LogP contribution < -0.4 is 10.6 Å². The molecule has 0 bridgehead atoms. The van der Waals surface area contributed by atoms with Crippen LogP contribution in [0.4, 0.5) is 21.5 Å². The van der Waals surface area contributed by atoms with Crippen LogP contribution in [0, 0.1) is 26.0 Å². The van der Waals surface area contributed by atoms with Crippen molar-refractivity contribution in [1.29, 1.82) is 0 Å². The largest absolute Gasteiger partial charge is 0.368 e. The third-order valence-corrected chi connectivity index (χ3v) is 5.95. The number of carbonyl (C=O) groups excluding carboxylic acids is 2. The second-order valence-corrected chi connectivity index (χ2v) is 9.78. The standard InChI is InChI=1S/C28H34FN5O6/c1-18(2)11-13-32(14-12-19(3)4)26(15-21-9-7-6-8-10-21)28(36)31-27(35)20(5)30-23-16-22(29)24(33(37)38)17-25(23)34(39)40/h6-12,16-17,20,26,30H,13-15H2,1-5H3,(H,31,35,36)/t20-,26-/m0/s1. The molecule has 2 aromatic carbocycles. The molecule has 214 valence electrons. The molecule has 0 spiro atoms. The van der Waals surface area contributed by atoms with Gasteiger partial charge in [-0.3, -0.25) is 40.0 Å². The molecule has 0 saturated carbocycles. The van der Waals surface area contributed by atoms with Crippen LogP contribution in [0.1, 0.15) is 40.2 Å². The fraction of sp³-hybridized carbons (Fsp3) is 0.357. The Morgan fingerprint density at radius 3 is 1.98 bits per heavy atom. The number of amides is 2. The minimum absolute atomic E-state index is 0.313. The molecule has 0 heterocycles. The lowest BCUT2D eigenvalue weighted by Gasteiger charge is -2.30. The molecule has 0 aliphatic carbocycles. The summed E-state index contributed by atoms with van der Waals surface area (Å²) in [4.78, 5) is 48.9. The number of hydrogen-bond acceptors (Lipinski definition) is 8. The summed E-state index contributed by atoms with van der Waals surface area (Å²) in [5, 5.41) is 27.3. The Balaban J connectivity index is 2.33. The summed E-state index contributed by atoms with van der Waals surface area (Å²) < 4.78 is 14.2. The Bertz CT molecular complexity index is 1280. The highest BCUT2D eigenvalue weighted by Crippen LogP contribution is 2.32. The molecule has 2 amide bonds. The molecule has 2 N–H and O–H groups in total. The maximum Gasteiger partial charge on any atom is 0.311 e. The number of nitro groups is 2. The molecule has 0 radical (unpaired) electrons. The maximum atomic E-state index is 14.2. The average molecular weight is 556 g/mol. The molecule has 2 aromatic rings. The van der Waals surface area contributed by atoms with Crippen LogP contribution in [0.5, 0.6) is 0 Å². The van der Waals surface area contributed by atoms with E-state index in [4.69, 9.17) is 0 Å². The molecule has 12 heteroatoms. The summed E-state index contributed by atoms with van der Waals surface area (Å²) in [6.07, 6.45) is 4.28. The average Bonchev–Trinajstić information content (AvgIpc) is 2.87. The van der Waals surface area contributed by atoms with Crippen LogP contribution in [0.2, 0.25) is 0 Å². The number of carbonyl (C=O) groups is 2. The van der Waals surface area contributed by atoms with E-state index in [2.05, 4.69) is 10.6 Å². The van der Waals surface area contributed by atoms with Crippen molar-refractivity contribution >= 4 is 28.9 Å². The lowest BCUT2D eigenvalue weighted by molar-refractivity contribution is -0.395. The predicted molar refractivity (Wildman–Crippen MR) is 150 cm³/mol. The van der Waals surface area contributed by atoms with Gasteiger partial charge in [-0.1, -0.05) is 53.6 Å². The van der Waals surface area contributed by atoms with Crippen molar-refractivity contribution in [1.82, 2.24) is 10.2 Å². The molecule has 40 heavy (non-hydrogen) atoms. The van der Waals surface area contributed by atoms with Gasteiger partial charge in [-0.15, -0.1) is 0 Å². The smallest absolute Gasteiger partial charge is 0.311 e. The van der Waals surface area contributed by atoms with E-state index in [1.54, 1.807) is 0 Å². The van der Waals surface area contributed by atoms with Crippen molar-refractivity contribution in [3.63, 3.8) is 0 Å². The van der Waals surface area contributed by atoms with Gasteiger partial charge < -0.3 is 5.32 Å². The highest BCUT2D eigenvalue weighted by Gasteiger charge is 2.30. The molecule has 11 nitrogen and oxygen atoms in total. The number of rotatable bonds is 13. The first kappa shape index (κ1) is 31.8. The van der Waals surface area contributed by atoms with Crippen molar-refractivity contribution in [3.05, 3.63) is 97.4 Å². The van der Waals surface area contributed by atoms with Gasteiger partial charge in [-0.2, -0.15) is 4.39 Å². The van der Waals surface area contributed by atoms with Gasteiger partial charge in [0.1, 0.15) is 11.7 Å². The maximum absolute atomic E-state index is 14.2. The first-order valence-corrected chi connectivity index (χ1v) is 12.6. The summed E-state index contributed by atoms with van der Waals surface area (Å²) in [7, 11) is 0. The second kappa shape index (κ2) is 14.6. The molecule has 2 atom stereocenters. The predicted octanol–water partition coefficient (Wildman–Crippen LogP) is 4.93. The number of nitro benzene ring substituents is 2. The number of hydrogen-bond donors (Lipinski definition) is 2. The molecule has 0 aliphatic heterocycles. The van der Waals surface area contributed by atoms with Crippen molar-refractivity contribution in [2.24, 2.45) is 0 Å². The number of halogens is 1. The van der Waals surface area contributed by atoms with Crippen LogP contribution in [0.15, 0.2) is 65.8 Å². The minimum atomic E-state index is -1.31. The number of benzene rings is 2. The van der Waals surface area contributed by atoms with Crippen LogP contribution >= 0.6 is 0 Å². The molecular weight excluding hydrogens is 521 g/mol. The van der Waals surface area contributed by atoms with Gasteiger partial charge in [-0.05, 0) is 46.6 Å². The third kappa shape index (κ3) is 9.38. The second-order valence-electron chi connectivity index (χ2n) is 9.78. The fourth-order valence-electron chi connectivity index (χ4n) is 3.72. The van der Waals surface area contributed by atoms with Gasteiger partial charge in [0, 0.05) is 19.2 Å². The van der Waals surface area contributed by atoms with Gasteiger partial charge in [0.15, 0.2) is 0 Å². The highest BCUT2D eigenvalue weighted by molar-refractivity contribution is 6.01. The lowest BCUT2D eigenvalue weighted by Crippen LogP contribution is -2.52. The first-order chi connectivity index (χ1) is 18.8. The summed E-state index contributed by atoms with van der Waals surface area (Å²) >= 11 is 0. The molecule has 2 rings (SSSR count). The van der Waals surface area contributed by atoms with Crippen molar-refractivity contribution < 1.29 is 23.8 Å². The van der Waals surface area contributed by atoms with Crippen molar-refractivity contribution in [2.75, 3.05) is 18.4 Å². The molecular formula is C28H34FN5O6. The van der Waals surface area contributed by atoms with Crippen LogP contribution in [0.3, 0.4) is 0 Å². The molecule has 0 aromatic heterocycles. The summed E-state index contributed by atoms with van der Waals surface area (Å²) in [5.41, 5.74) is 0.728.